The lowest BCUT2D eigenvalue weighted by Crippen LogP contribution is -2.31. The van der Waals surface area contributed by atoms with E-state index in [0.29, 0.717) is 18.4 Å². The lowest BCUT2D eigenvalue weighted by atomic mass is 9.95. The number of carbonyl (C=O) groups excluding carboxylic acids is 1. The van der Waals surface area contributed by atoms with Crippen LogP contribution in [0.15, 0.2) is 11.8 Å². The first-order valence-corrected chi connectivity index (χ1v) is 5.67. The van der Waals surface area contributed by atoms with Gasteiger partial charge in [-0.05, 0) is 19.3 Å². The highest BCUT2D eigenvalue weighted by molar-refractivity contribution is 5.92. The molecule has 1 unspecified atom stereocenters. The SMILES string of the molecule is CCC(CC)C(C)NC1=CC(=O)CC1. The Morgan fingerprint density at radius 3 is 2.43 bits per heavy atom. The second-order valence-electron chi connectivity index (χ2n) is 4.15. The first-order chi connectivity index (χ1) is 6.67. The molecule has 0 radical (unpaired) electrons. The maximum atomic E-state index is 11.0. The van der Waals surface area contributed by atoms with Gasteiger partial charge < -0.3 is 5.32 Å². The normalized spacial score (nSPS) is 18.6. The number of rotatable bonds is 5. The summed E-state index contributed by atoms with van der Waals surface area (Å²) in [5.41, 5.74) is 1.13. The maximum absolute atomic E-state index is 11.0. The van der Waals surface area contributed by atoms with Crippen LogP contribution in [0, 0.1) is 5.92 Å². The smallest absolute Gasteiger partial charge is 0.157 e. The van der Waals surface area contributed by atoms with Gasteiger partial charge in [-0.25, -0.2) is 0 Å². The molecule has 0 fully saturated rings. The molecule has 14 heavy (non-hydrogen) atoms. The predicted octanol–water partition coefficient (Wildman–Crippen LogP) is 2.65. The Hall–Kier alpha value is -0.790. The third kappa shape index (κ3) is 2.86. The van der Waals surface area contributed by atoms with Crippen LogP contribution in [0.2, 0.25) is 0 Å². The van der Waals surface area contributed by atoms with Crippen LogP contribution in [-0.4, -0.2) is 11.8 Å². The van der Waals surface area contributed by atoms with Crippen molar-refractivity contribution >= 4 is 5.78 Å². The van der Waals surface area contributed by atoms with E-state index in [1.165, 1.54) is 12.8 Å². The van der Waals surface area contributed by atoms with Crippen molar-refractivity contribution in [3.63, 3.8) is 0 Å². The predicted molar refractivity (Wildman–Crippen MR) is 59.0 cm³/mol. The largest absolute Gasteiger partial charge is 0.385 e. The highest BCUT2D eigenvalue weighted by Crippen LogP contribution is 2.17. The Kier molecular flexibility index (Phi) is 4.18. The van der Waals surface area contributed by atoms with Gasteiger partial charge in [0.05, 0.1) is 0 Å². The van der Waals surface area contributed by atoms with E-state index in [2.05, 4.69) is 26.1 Å². The van der Waals surface area contributed by atoms with Crippen LogP contribution < -0.4 is 5.32 Å². The molecule has 2 heteroatoms. The van der Waals surface area contributed by atoms with Gasteiger partial charge in [0.15, 0.2) is 5.78 Å². The molecule has 0 saturated carbocycles. The number of hydrogen-bond donors (Lipinski definition) is 1. The molecule has 0 saturated heterocycles. The summed E-state index contributed by atoms with van der Waals surface area (Å²) < 4.78 is 0. The number of nitrogens with one attached hydrogen (secondary N) is 1. The first kappa shape index (κ1) is 11.3. The van der Waals surface area contributed by atoms with Crippen LogP contribution in [0.25, 0.3) is 0 Å². The van der Waals surface area contributed by atoms with Crippen LogP contribution >= 0.6 is 0 Å². The summed E-state index contributed by atoms with van der Waals surface area (Å²) in [5.74, 6) is 0.982. The van der Waals surface area contributed by atoms with Crippen molar-refractivity contribution in [1.82, 2.24) is 5.32 Å². The Labute approximate surface area is 86.8 Å². The topological polar surface area (TPSA) is 29.1 Å². The fraction of sp³-hybridized carbons (Fsp3) is 0.750. The van der Waals surface area contributed by atoms with Crippen molar-refractivity contribution in [2.75, 3.05) is 0 Å². The Morgan fingerprint density at radius 2 is 2.00 bits per heavy atom. The minimum Gasteiger partial charge on any atom is -0.385 e. The third-order valence-corrected chi connectivity index (χ3v) is 3.14. The third-order valence-electron chi connectivity index (χ3n) is 3.14. The van der Waals surface area contributed by atoms with E-state index >= 15 is 0 Å². The van der Waals surface area contributed by atoms with E-state index in [4.69, 9.17) is 0 Å². The summed E-state index contributed by atoms with van der Waals surface area (Å²) in [7, 11) is 0. The molecule has 1 rings (SSSR count). The van der Waals surface area contributed by atoms with Gasteiger partial charge in [-0.15, -0.1) is 0 Å². The standard InChI is InChI=1S/C12H21NO/c1-4-10(5-2)9(3)13-11-6-7-12(14)8-11/h8-10,13H,4-7H2,1-3H3. The summed E-state index contributed by atoms with van der Waals surface area (Å²) in [5, 5.41) is 3.45. The van der Waals surface area contributed by atoms with Crippen molar-refractivity contribution in [2.45, 2.75) is 52.5 Å². The molecule has 0 aromatic carbocycles. The first-order valence-electron chi connectivity index (χ1n) is 5.67. The van der Waals surface area contributed by atoms with Crippen molar-refractivity contribution in [3.8, 4) is 0 Å². The zero-order valence-corrected chi connectivity index (χ0v) is 9.47. The second-order valence-corrected chi connectivity index (χ2v) is 4.15. The fourth-order valence-corrected chi connectivity index (χ4v) is 2.12. The Balaban J connectivity index is 2.43. The molecular formula is C12H21NO. The monoisotopic (exact) mass is 195 g/mol. The molecule has 1 aliphatic rings. The molecular weight excluding hydrogens is 174 g/mol. The molecule has 1 N–H and O–H groups in total. The molecule has 0 amide bonds. The molecule has 0 spiro atoms. The van der Waals surface area contributed by atoms with Gasteiger partial charge in [0.1, 0.15) is 0 Å². The van der Waals surface area contributed by atoms with Crippen molar-refractivity contribution in [1.29, 1.82) is 0 Å². The molecule has 1 aliphatic carbocycles. The molecule has 0 heterocycles. The van der Waals surface area contributed by atoms with Gasteiger partial charge in [0.25, 0.3) is 0 Å². The van der Waals surface area contributed by atoms with Gasteiger partial charge in [-0.3, -0.25) is 4.79 Å². The van der Waals surface area contributed by atoms with Crippen LogP contribution in [0.1, 0.15) is 46.5 Å². The van der Waals surface area contributed by atoms with Crippen LogP contribution in [0.4, 0.5) is 0 Å². The van der Waals surface area contributed by atoms with Crippen LogP contribution in [0.3, 0.4) is 0 Å². The summed E-state index contributed by atoms with van der Waals surface area (Å²) >= 11 is 0. The van der Waals surface area contributed by atoms with Crippen molar-refractivity contribution in [3.05, 3.63) is 11.8 Å². The van der Waals surface area contributed by atoms with E-state index in [1.807, 2.05) is 0 Å². The van der Waals surface area contributed by atoms with E-state index in [-0.39, 0.29) is 5.78 Å². The Morgan fingerprint density at radius 1 is 1.36 bits per heavy atom. The maximum Gasteiger partial charge on any atom is 0.157 e. The molecule has 1 atom stereocenters. The van der Waals surface area contributed by atoms with E-state index < -0.39 is 0 Å². The minimum atomic E-state index is 0.268. The van der Waals surface area contributed by atoms with Gasteiger partial charge in [0, 0.05) is 24.2 Å². The van der Waals surface area contributed by atoms with Crippen molar-refractivity contribution < 1.29 is 4.79 Å². The van der Waals surface area contributed by atoms with E-state index in [9.17, 15) is 4.79 Å². The average Bonchev–Trinajstić information content (AvgIpc) is 2.53. The lowest BCUT2D eigenvalue weighted by molar-refractivity contribution is -0.114. The van der Waals surface area contributed by atoms with E-state index in [1.54, 1.807) is 6.08 Å². The summed E-state index contributed by atoms with van der Waals surface area (Å²) in [6, 6.07) is 0.488. The molecule has 80 valence electrons. The second kappa shape index (κ2) is 5.18. The fourth-order valence-electron chi connectivity index (χ4n) is 2.12. The zero-order chi connectivity index (χ0) is 10.6. The molecule has 0 aliphatic heterocycles. The van der Waals surface area contributed by atoms with Gasteiger partial charge in [0.2, 0.25) is 0 Å². The number of allylic oxidation sites excluding steroid dienone is 2. The molecule has 0 aromatic heterocycles. The van der Waals surface area contributed by atoms with Crippen LogP contribution in [0.5, 0.6) is 0 Å². The highest BCUT2D eigenvalue weighted by Gasteiger charge is 2.17. The molecule has 0 bridgehead atoms. The number of carbonyl (C=O) groups is 1. The van der Waals surface area contributed by atoms with Crippen molar-refractivity contribution in [2.24, 2.45) is 5.92 Å². The summed E-state index contributed by atoms with van der Waals surface area (Å²) in [6.07, 6.45) is 5.76. The minimum absolute atomic E-state index is 0.268. The summed E-state index contributed by atoms with van der Waals surface area (Å²) in [6.45, 7) is 6.66. The Bertz CT molecular complexity index is 228. The van der Waals surface area contributed by atoms with Gasteiger partial charge in [-0.2, -0.15) is 0 Å². The van der Waals surface area contributed by atoms with Crippen LogP contribution in [-0.2, 0) is 4.79 Å². The number of hydrogen-bond acceptors (Lipinski definition) is 2. The van der Waals surface area contributed by atoms with Gasteiger partial charge in [-0.1, -0.05) is 26.7 Å². The zero-order valence-electron chi connectivity index (χ0n) is 9.47. The van der Waals surface area contributed by atoms with E-state index in [0.717, 1.165) is 12.1 Å². The number of ketones is 1. The van der Waals surface area contributed by atoms with Gasteiger partial charge >= 0.3 is 0 Å². The molecule has 2 nitrogen and oxygen atoms in total. The summed E-state index contributed by atoms with van der Waals surface area (Å²) in [4.78, 5) is 11.0. The average molecular weight is 195 g/mol. The lowest BCUT2D eigenvalue weighted by Gasteiger charge is -2.23. The quantitative estimate of drug-likeness (QED) is 0.730. The molecule has 0 aromatic rings. The highest BCUT2D eigenvalue weighted by atomic mass is 16.1.